The third kappa shape index (κ3) is 2.95. The van der Waals surface area contributed by atoms with E-state index in [-0.39, 0.29) is 11.8 Å². The van der Waals surface area contributed by atoms with Crippen molar-refractivity contribution >= 4 is 27.6 Å². The third-order valence-electron chi connectivity index (χ3n) is 5.91. The molecule has 1 aromatic carbocycles. The summed E-state index contributed by atoms with van der Waals surface area (Å²) >= 11 is 0. The molecule has 0 bridgehead atoms. The molecule has 154 valence electrons. The molecule has 7 nitrogen and oxygen atoms in total. The number of fused-ring (bicyclic) bond motifs is 2. The summed E-state index contributed by atoms with van der Waals surface area (Å²) in [6, 6.07) is 7.53. The van der Waals surface area contributed by atoms with Crippen LogP contribution in [0.25, 0.3) is 33.2 Å². The molecular weight excluding hydrogens is 383 g/mol. The number of halogens is 1. The minimum Gasteiger partial charge on any atom is -0.507 e. The standard InChI is InChI=1S/C22H23FN6O/c1-12-20-14(9-28(3)27-20)7-16(21(12)30)18-5-4-13-6-15(8-25-22(13)26-18)29-10-17(23)19(11-29)24-2/h4-9,17,19,24,30H,10-11H2,1-3H3/t17-,19+/m1/s1. The highest BCUT2D eigenvalue weighted by molar-refractivity contribution is 5.91. The lowest BCUT2D eigenvalue weighted by atomic mass is 10.0. The first-order valence-corrected chi connectivity index (χ1v) is 9.94. The van der Waals surface area contributed by atoms with Crippen molar-refractivity contribution in [2.24, 2.45) is 7.05 Å². The Bertz CT molecular complexity index is 1270. The van der Waals surface area contributed by atoms with E-state index in [2.05, 4.69) is 20.4 Å². The molecule has 0 saturated carbocycles. The van der Waals surface area contributed by atoms with Crippen LogP contribution in [-0.2, 0) is 7.05 Å². The van der Waals surface area contributed by atoms with Gasteiger partial charge in [-0.05, 0) is 38.2 Å². The number of phenolic OH excluding ortho intramolecular Hbond substituents is 1. The van der Waals surface area contributed by atoms with E-state index in [1.54, 1.807) is 17.9 Å². The number of alkyl halides is 1. The minimum absolute atomic E-state index is 0.171. The van der Waals surface area contributed by atoms with Crippen molar-refractivity contribution in [2.45, 2.75) is 19.1 Å². The van der Waals surface area contributed by atoms with E-state index in [1.807, 2.05) is 49.3 Å². The van der Waals surface area contributed by atoms with Gasteiger partial charge in [-0.3, -0.25) is 4.68 Å². The molecule has 2 N–H and O–H groups in total. The number of pyridine rings is 2. The Labute approximate surface area is 173 Å². The molecule has 1 fully saturated rings. The van der Waals surface area contributed by atoms with E-state index in [0.717, 1.165) is 27.5 Å². The fourth-order valence-electron chi connectivity index (χ4n) is 4.21. The lowest BCUT2D eigenvalue weighted by Crippen LogP contribution is -2.34. The number of hydrogen-bond acceptors (Lipinski definition) is 6. The molecule has 0 radical (unpaired) electrons. The van der Waals surface area contributed by atoms with Crippen LogP contribution in [0.1, 0.15) is 5.56 Å². The Morgan fingerprint density at radius 2 is 2.03 bits per heavy atom. The molecule has 5 rings (SSSR count). The van der Waals surface area contributed by atoms with Crippen molar-refractivity contribution in [3.63, 3.8) is 0 Å². The molecule has 0 amide bonds. The first-order valence-electron chi connectivity index (χ1n) is 9.94. The van der Waals surface area contributed by atoms with Gasteiger partial charge in [0, 0.05) is 41.7 Å². The Hall–Kier alpha value is -3.26. The number of hydrogen-bond donors (Lipinski definition) is 2. The van der Waals surface area contributed by atoms with E-state index in [4.69, 9.17) is 0 Å². The van der Waals surface area contributed by atoms with Crippen LogP contribution in [0.5, 0.6) is 5.75 Å². The monoisotopic (exact) mass is 406 g/mol. The zero-order valence-electron chi connectivity index (χ0n) is 17.1. The smallest absolute Gasteiger partial charge is 0.159 e. The summed E-state index contributed by atoms with van der Waals surface area (Å²) in [4.78, 5) is 11.2. The number of phenols is 1. The zero-order chi connectivity index (χ0) is 21.0. The predicted molar refractivity (Wildman–Crippen MR) is 116 cm³/mol. The van der Waals surface area contributed by atoms with Gasteiger partial charge < -0.3 is 15.3 Å². The highest BCUT2D eigenvalue weighted by Crippen LogP contribution is 2.36. The number of rotatable bonds is 3. The Balaban J connectivity index is 1.53. The maximum absolute atomic E-state index is 14.1. The molecule has 1 aliphatic rings. The highest BCUT2D eigenvalue weighted by Gasteiger charge is 2.32. The number of likely N-dealkylation sites (N-methyl/N-ethyl adjacent to an activating group) is 1. The van der Waals surface area contributed by atoms with Crippen molar-refractivity contribution in [1.82, 2.24) is 25.1 Å². The lowest BCUT2D eigenvalue weighted by Gasteiger charge is -2.18. The molecule has 30 heavy (non-hydrogen) atoms. The maximum atomic E-state index is 14.1. The van der Waals surface area contributed by atoms with Crippen LogP contribution in [0.2, 0.25) is 0 Å². The quantitative estimate of drug-likeness (QED) is 0.545. The minimum atomic E-state index is -0.903. The SMILES string of the molecule is CN[C@H]1CN(c2cnc3nc(-c4cc5cn(C)nc5c(C)c4O)ccc3c2)C[C@H]1F. The lowest BCUT2D eigenvalue weighted by molar-refractivity contribution is 0.310. The van der Waals surface area contributed by atoms with E-state index >= 15 is 0 Å². The number of benzene rings is 1. The molecule has 0 spiro atoms. The molecule has 2 atom stereocenters. The fraction of sp³-hybridized carbons (Fsp3) is 0.318. The van der Waals surface area contributed by atoms with Crippen molar-refractivity contribution in [3.8, 4) is 17.0 Å². The molecular formula is C22H23FN6O. The van der Waals surface area contributed by atoms with Crippen LogP contribution >= 0.6 is 0 Å². The van der Waals surface area contributed by atoms with Crippen LogP contribution in [0.3, 0.4) is 0 Å². The van der Waals surface area contributed by atoms with E-state index in [1.165, 1.54) is 0 Å². The van der Waals surface area contributed by atoms with Crippen molar-refractivity contribution in [2.75, 3.05) is 25.0 Å². The molecule has 1 saturated heterocycles. The van der Waals surface area contributed by atoms with Crippen LogP contribution < -0.4 is 10.2 Å². The van der Waals surface area contributed by atoms with Crippen LogP contribution in [0, 0.1) is 6.92 Å². The number of nitrogens with zero attached hydrogens (tertiary/aromatic N) is 5. The van der Waals surface area contributed by atoms with E-state index < -0.39 is 6.17 Å². The summed E-state index contributed by atoms with van der Waals surface area (Å²) in [5, 5.41) is 20.0. The second-order valence-electron chi connectivity index (χ2n) is 7.89. The number of nitrogens with one attached hydrogen (secondary N) is 1. The topological polar surface area (TPSA) is 79.1 Å². The van der Waals surface area contributed by atoms with Gasteiger partial charge in [-0.1, -0.05) is 0 Å². The second-order valence-corrected chi connectivity index (χ2v) is 7.89. The average Bonchev–Trinajstić information content (AvgIpc) is 3.31. The van der Waals surface area contributed by atoms with Gasteiger partial charge in [0.2, 0.25) is 0 Å². The number of aromatic nitrogens is 4. The third-order valence-corrected chi connectivity index (χ3v) is 5.91. The van der Waals surface area contributed by atoms with Gasteiger partial charge in [0.1, 0.15) is 11.9 Å². The Morgan fingerprint density at radius 3 is 2.80 bits per heavy atom. The largest absolute Gasteiger partial charge is 0.507 e. The van der Waals surface area contributed by atoms with Gasteiger partial charge in [-0.25, -0.2) is 14.4 Å². The summed E-state index contributed by atoms with van der Waals surface area (Å²) < 4.78 is 15.8. The van der Waals surface area contributed by atoms with E-state index in [0.29, 0.717) is 30.0 Å². The molecule has 8 heteroatoms. The molecule has 4 heterocycles. The summed E-state index contributed by atoms with van der Waals surface area (Å²) in [6.45, 7) is 2.81. The second kappa shape index (κ2) is 6.91. The highest BCUT2D eigenvalue weighted by atomic mass is 19.1. The number of aryl methyl sites for hydroxylation is 2. The van der Waals surface area contributed by atoms with Crippen LogP contribution in [0.4, 0.5) is 10.1 Å². The number of anilines is 1. The summed E-state index contributed by atoms with van der Waals surface area (Å²) in [5.74, 6) is 0.175. The summed E-state index contributed by atoms with van der Waals surface area (Å²) in [5.41, 5.74) is 4.27. The van der Waals surface area contributed by atoms with Gasteiger partial charge >= 0.3 is 0 Å². The van der Waals surface area contributed by atoms with Crippen LogP contribution in [-0.4, -0.2) is 57.2 Å². The van der Waals surface area contributed by atoms with Crippen molar-refractivity contribution in [3.05, 3.63) is 42.2 Å². The summed E-state index contributed by atoms with van der Waals surface area (Å²) in [7, 11) is 3.64. The van der Waals surface area contributed by atoms with Crippen molar-refractivity contribution < 1.29 is 9.50 Å². The van der Waals surface area contributed by atoms with Gasteiger partial charge in [0.25, 0.3) is 0 Å². The fourth-order valence-corrected chi connectivity index (χ4v) is 4.21. The van der Waals surface area contributed by atoms with E-state index in [9.17, 15) is 9.50 Å². The molecule has 4 aromatic rings. The summed E-state index contributed by atoms with van der Waals surface area (Å²) in [6.07, 6.45) is 2.75. The predicted octanol–water partition coefficient (Wildman–Crippen LogP) is 2.94. The average molecular weight is 406 g/mol. The maximum Gasteiger partial charge on any atom is 0.159 e. The van der Waals surface area contributed by atoms with Gasteiger partial charge in [-0.2, -0.15) is 5.10 Å². The molecule has 0 unspecified atom stereocenters. The van der Waals surface area contributed by atoms with Crippen LogP contribution in [0.15, 0.2) is 36.7 Å². The normalized spacial score (nSPS) is 19.3. The molecule has 1 aliphatic heterocycles. The van der Waals surface area contributed by atoms with Gasteiger partial charge in [0.15, 0.2) is 5.65 Å². The molecule has 3 aromatic heterocycles. The molecule has 0 aliphatic carbocycles. The first kappa shape index (κ1) is 18.7. The van der Waals surface area contributed by atoms with Gasteiger partial charge in [0.05, 0.1) is 35.7 Å². The first-order chi connectivity index (χ1) is 14.4. The Kier molecular flexibility index (Phi) is 4.32. The van der Waals surface area contributed by atoms with Crippen molar-refractivity contribution in [1.29, 1.82) is 0 Å². The zero-order valence-corrected chi connectivity index (χ0v) is 17.1. The Morgan fingerprint density at radius 1 is 1.20 bits per heavy atom. The van der Waals surface area contributed by atoms with Gasteiger partial charge in [-0.15, -0.1) is 0 Å². The number of aromatic hydroxyl groups is 1.